The number of aromatic carboxylic acids is 1. The molecule has 1 aromatic rings. The number of carboxylic acids is 1. The lowest BCUT2D eigenvalue weighted by molar-refractivity contribution is 0.0686. The maximum absolute atomic E-state index is 11.2. The van der Waals surface area contributed by atoms with Gasteiger partial charge in [-0.2, -0.15) is 0 Å². The Balaban J connectivity index is 2.67. The van der Waals surface area contributed by atoms with Crippen LogP contribution < -0.4 is 0 Å². The van der Waals surface area contributed by atoms with Crippen molar-refractivity contribution in [2.75, 3.05) is 39.5 Å². The zero-order valence-corrected chi connectivity index (χ0v) is 12.6. The molecule has 0 bridgehead atoms. The second-order valence-electron chi connectivity index (χ2n) is 4.36. The van der Waals surface area contributed by atoms with E-state index in [0.29, 0.717) is 51.8 Å². The molecule has 1 aromatic heterocycles. The number of hydrogen-bond donors (Lipinski definition) is 1. The van der Waals surface area contributed by atoms with Crippen molar-refractivity contribution in [3.05, 3.63) is 23.8 Å². The maximum Gasteiger partial charge on any atom is 0.339 e. The van der Waals surface area contributed by atoms with Crippen LogP contribution in [0.3, 0.4) is 0 Å². The normalized spacial score (nSPS) is 11.0. The summed E-state index contributed by atoms with van der Waals surface area (Å²) in [7, 11) is 0. The second kappa shape index (κ2) is 10.2. The van der Waals surface area contributed by atoms with Crippen molar-refractivity contribution < 1.29 is 19.4 Å². The number of carboxylic acid groups (broad SMARTS) is 1. The molecule has 1 N–H and O–H groups in total. The van der Waals surface area contributed by atoms with Gasteiger partial charge in [0, 0.05) is 39.0 Å². The molecular formula is C14H23N3O4. The fourth-order valence-corrected chi connectivity index (χ4v) is 1.82. The first-order chi connectivity index (χ1) is 10.2. The van der Waals surface area contributed by atoms with Crippen molar-refractivity contribution in [1.82, 2.24) is 14.9 Å². The van der Waals surface area contributed by atoms with Gasteiger partial charge in [-0.1, -0.05) is 0 Å². The third-order valence-corrected chi connectivity index (χ3v) is 2.91. The summed E-state index contributed by atoms with van der Waals surface area (Å²) in [6.07, 6.45) is 2.69. The van der Waals surface area contributed by atoms with Crippen LogP contribution in [0, 0.1) is 0 Å². The van der Waals surface area contributed by atoms with Gasteiger partial charge in [-0.05, 0) is 13.8 Å². The highest BCUT2D eigenvalue weighted by Crippen LogP contribution is 2.07. The van der Waals surface area contributed by atoms with E-state index >= 15 is 0 Å². The molecule has 0 aliphatic carbocycles. The van der Waals surface area contributed by atoms with Crippen LogP contribution in [0.25, 0.3) is 0 Å². The minimum absolute atomic E-state index is 0.135. The summed E-state index contributed by atoms with van der Waals surface area (Å²) in [4.78, 5) is 21.1. The topological polar surface area (TPSA) is 84.8 Å². The van der Waals surface area contributed by atoms with Gasteiger partial charge in [-0.15, -0.1) is 0 Å². The molecular weight excluding hydrogens is 274 g/mol. The Hall–Kier alpha value is -1.57. The molecule has 21 heavy (non-hydrogen) atoms. The van der Waals surface area contributed by atoms with Crippen LogP contribution in [0.5, 0.6) is 0 Å². The predicted molar refractivity (Wildman–Crippen MR) is 77.3 cm³/mol. The Bertz CT molecular complexity index is 418. The third-order valence-electron chi connectivity index (χ3n) is 2.91. The van der Waals surface area contributed by atoms with Crippen LogP contribution in [0.4, 0.5) is 0 Å². The van der Waals surface area contributed by atoms with Crippen LogP contribution in [0.2, 0.25) is 0 Å². The molecule has 0 aromatic carbocycles. The largest absolute Gasteiger partial charge is 0.478 e. The van der Waals surface area contributed by atoms with Crippen LogP contribution in [0.1, 0.15) is 29.9 Å². The molecule has 0 aliphatic heterocycles. The lowest BCUT2D eigenvalue weighted by Crippen LogP contribution is -2.31. The number of aromatic nitrogens is 2. The van der Waals surface area contributed by atoms with Gasteiger partial charge in [0.05, 0.1) is 18.9 Å². The highest BCUT2D eigenvalue weighted by Gasteiger charge is 2.15. The Morgan fingerprint density at radius 1 is 1.24 bits per heavy atom. The molecule has 1 heterocycles. The molecule has 0 aliphatic rings. The fraction of sp³-hybridized carbons (Fsp3) is 0.643. The summed E-state index contributed by atoms with van der Waals surface area (Å²) >= 11 is 0. The monoisotopic (exact) mass is 297 g/mol. The van der Waals surface area contributed by atoms with Gasteiger partial charge in [-0.3, -0.25) is 4.90 Å². The number of rotatable bonds is 11. The van der Waals surface area contributed by atoms with Crippen molar-refractivity contribution in [3.8, 4) is 0 Å². The summed E-state index contributed by atoms with van der Waals surface area (Å²) in [5.41, 5.74) is 0.640. The average molecular weight is 297 g/mol. The van der Waals surface area contributed by atoms with E-state index in [4.69, 9.17) is 14.6 Å². The molecule has 0 unspecified atom stereocenters. The van der Waals surface area contributed by atoms with Crippen LogP contribution in [-0.2, 0) is 16.0 Å². The van der Waals surface area contributed by atoms with E-state index in [9.17, 15) is 4.79 Å². The lowest BCUT2D eigenvalue weighted by Gasteiger charge is -2.22. The minimum Gasteiger partial charge on any atom is -0.478 e. The lowest BCUT2D eigenvalue weighted by atomic mass is 10.2. The number of hydrogen-bond acceptors (Lipinski definition) is 6. The molecule has 0 saturated heterocycles. The number of nitrogens with zero attached hydrogens (tertiary/aromatic N) is 3. The van der Waals surface area contributed by atoms with Crippen molar-refractivity contribution in [3.63, 3.8) is 0 Å². The first-order valence-electron chi connectivity index (χ1n) is 7.09. The van der Waals surface area contributed by atoms with Gasteiger partial charge in [-0.25, -0.2) is 14.8 Å². The van der Waals surface area contributed by atoms with Gasteiger partial charge in [0.2, 0.25) is 0 Å². The highest BCUT2D eigenvalue weighted by molar-refractivity contribution is 5.88. The maximum atomic E-state index is 11.2. The average Bonchev–Trinajstić information content (AvgIpc) is 2.48. The second-order valence-corrected chi connectivity index (χ2v) is 4.36. The number of carbonyl (C=O) groups is 1. The van der Waals surface area contributed by atoms with Crippen LogP contribution in [0.15, 0.2) is 12.5 Å². The summed E-state index contributed by atoms with van der Waals surface area (Å²) in [5, 5.41) is 9.16. The van der Waals surface area contributed by atoms with E-state index in [-0.39, 0.29) is 5.56 Å². The third kappa shape index (κ3) is 6.61. The zero-order chi connectivity index (χ0) is 15.5. The Morgan fingerprint density at radius 3 is 2.38 bits per heavy atom. The van der Waals surface area contributed by atoms with Gasteiger partial charge >= 0.3 is 5.97 Å². The minimum atomic E-state index is -1.01. The molecule has 0 amide bonds. The van der Waals surface area contributed by atoms with E-state index < -0.39 is 5.97 Å². The number of ether oxygens (including phenoxy) is 2. The van der Waals surface area contributed by atoms with Gasteiger partial charge in [0.1, 0.15) is 11.9 Å². The highest BCUT2D eigenvalue weighted by atomic mass is 16.5. The van der Waals surface area contributed by atoms with E-state index in [1.54, 1.807) is 0 Å². The molecule has 0 radical (unpaired) electrons. The Morgan fingerprint density at radius 2 is 1.86 bits per heavy atom. The first kappa shape index (κ1) is 17.5. The van der Waals surface area contributed by atoms with Gasteiger partial charge in [0.15, 0.2) is 0 Å². The van der Waals surface area contributed by atoms with Crippen LogP contribution >= 0.6 is 0 Å². The van der Waals surface area contributed by atoms with E-state index in [2.05, 4.69) is 14.9 Å². The van der Waals surface area contributed by atoms with Gasteiger partial charge < -0.3 is 14.6 Å². The fourth-order valence-electron chi connectivity index (χ4n) is 1.82. The summed E-state index contributed by atoms with van der Waals surface area (Å²) in [5.74, 6) is -1.01. The Labute approximate surface area is 124 Å². The first-order valence-corrected chi connectivity index (χ1v) is 7.09. The SMILES string of the molecule is CCOCCN(CCOCC)Cc1ncncc1C(=O)O. The van der Waals surface area contributed by atoms with E-state index in [0.717, 1.165) is 0 Å². The molecule has 0 atom stereocenters. The summed E-state index contributed by atoms with van der Waals surface area (Å²) < 4.78 is 10.7. The standard InChI is InChI=1S/C14H23N3O4/c1-3-20-7-5-17(6-8-21-4-2)10-13-12(14(18)19)9-15-11-16-13/h9,11H,3-8,10H2,1-2H3,(H,18,19). The summed E-state index contributed by atoms with van der Waals surface area (Å²) in [6, 6.07) is 0. The molecule has 0 fully saturated rings. The zero-order valence-electron chi connectivity index (χ0n) is 12.6. The molecule has 7 nitrogen and oxygen atoms in total. The molecule has 7 heteroatoms. The van der Waals surface area contributed by atoms with Crippen molar-refractivity contribution in [2.45, 2.75) is 20.4 Å². The van der Waals surface area contributed by atoms with Crippen molar-refractivity contribution in [1.29, 1.82) is 0 Å². The van der Waals surface area contributed by atoms with Crippen molar-refractivity contribution in [2.24, 2.45) is 0 Å². The molecule has 1 rings (SSSR count). The van der Waals surface area contributed by atoms with E-state index in [1.165, 1.54) is 12.5 Å². The molecule has 0 saturated carbocycles. The van der Waals surface area contributed by atoms with Crippen molar-refractivity contribution >= 4 is 5.97 Å². The smallest absolute Gasteiger partial charge is 0.339 e. The predicted octanol–water partition coefficient (Wildman–Crippen LogP) is 1.05. The van der Waals surface area contributed by atoms with Gasteiger partial charge in [0.25, 0.3) is 0 Å². The molecule has 118 valence electrons. The van der Waals surface area contributed by atoms with E-state index in [1.807, 2.05) is 13.8 Å². The van der Waals surface area contributed by atoms with Crippen LogP contribution in [-0.4, -0.2) is 65.5 Å². The Kier molecular flexibility index (Phi) is 8.49. The molecule has 0 spiro atoms. The quantitative estimate of drug-likeness (QED) is 0.611. The summed E-state index contributed by atoms with van der Waals surface area (Å²) in [6.45, 7) is 8.22.